The SMILES string of the molecule is CC(C)(C)c1ccc2c(c1)B1c3ccccc3-n3c(=O)c4ccccc4c4cc5c6cc(C(C)(C)C)ccc6n-2c5c1c43. The molecule has 0 spiro atoms. The van der Waals surface area contributed by atoms with E-state index in [1.807, 2.05) is 16.7 Å². The lowest BCUT2D eigenvalue weighted by Crippen LogP contribution is -2.60. The molecule has 208 valence electrons. The summed E-state index contributed by atoms with van der Waals surface area (Å²) in [6, 6.07) is 33.2. The van der Waals surface area contributed by atoms with Crippen LogP contribution in [0.5, 0.6) is 0 Å². The molecule has 0 bridgehead atoms. The van der Waals surface area contributed by atoms with Gasteiger partial charge in [0.25, 0.3) is 12.3 Å². The third-order valence-corrected chi connectivity index (χ3v) is 10.0. The number of pyridine rings is 1. The number of rotatable bonds is 0. The van der Waals surface area contributed by atoms with Gasteiger partial charge >= 0.3 is 0 Å². The Hall–Kier alpha value is -4.57. The fourth-order valence-corrected chi connectivity index (χ4v) is 7.86. The summed E-state index contributed by atoms with van der Waals surface area (Å²) in [5, 5.41) is 5.46. The Bertz CT molecular complexity index is 2450. The standard InChI is InChI=1S/C39H33BN2O/c1-38(2,3)22-15-17-31-26(19-22)28-21-27-24-11-7-8-12-25(24)37(43)42-32-14-10-9-13-29(32)40-30-20-23(39(4,5)6)16-18-33(30)41(31)35(28)34(40)36(27)42/h7-21H,1-6H3. The fourth-order valence-electron chi connectivity index (χ4n) is 7.86. The molecule has 4 heterocycles. The van der Waals surface area contributed by atoms with Gasteiger partial charge in [-0.3, -0.25) is 9.36 Å². The maximum Gasteiger partial charge on any atom is 0.263 e. The molecule has 2 aliphatic rings. The van der Waals surface area contributed by atoms with Gasteiger partial charge in [-0.2, -0.15) is 0 Å². The molecule has 2 aliphatic heterocycles. The monoisotopic (exact) mass is 556 g/mol. The van der Waals surface area contributed by atoms with Gasteiger partial charge in [0.1, 0.15) is 0 Å². The van der Waals surface area contributed by atoms with E-state index < -0.39 is 0 Å². The molecule has 4 heteroatoms. The van der Waals surface area contributed by atoms with Crippen molar-refractivity contribution in [2.45, 2.75) is 52.4 Å². The van der Waals surface area contributed by atoms with Gasteiger partial charge in [-0.15, -0.1) is 0 Å². The lowest BCUT2D eigenvalue weighted by Gasteiger charge is -2.35. The Labute approximate surface area is 251 Å². The van der Waals surface area contributed by atoms with E-state index in [2.05, 4.69) is 125 Å². The molecule has 3 nitrogen and oxygen atoms in total. The highest BCUT2D eigenvalue weighted by molar-refractivity contribution is 7.00. The van der Waals surface area contributed by atoms with Gasteiger partial charge < -0.3 is 4.57 Å². The van der Waals surface area contributed by atoms with Crippen molar-refractivity contribution in [3.63, 3.8) is 0 Å². The maximum absolute atomic E-state index is 14.4. The summed E-state index contributed by atoms with van der Waals surface area (Å²) in [6.45, 7) is 13.7. The second-order valence-corrected chi connectivity index (χ2v) is 14.6. The van der Waals surface area contributed by atoms with Crippen molar-refractivity contribution in [3.05, 3.63) is 112 Å². The first-order chi connectivity index (χ1) is 20.5. The predicted octanol–water partition coefficient (Wildman–Crippen LogP) is 6.98. The summed E-state index contributed by atoms with van der Waals surface area (Å²) in [4.78, 5) is 14.4. The molecule has 43 heavy (non-hydrogen) atoms. The van der Waals surface area contributed by atoms with Gasteiger partial charge in [0.2, 0.25) is 0 Å². The zero-order chi connectivity index (χ0) is 29.6. The summed E-state index contributed by atoms with van der Waals surface area (Å²) < 4.78 is 4.50. The first-order valence-corrected chi connectivity index (χ1v) is 15.4. The molecule has 0 amide bonds. The minimum Gasteiger partial charge on any atom is -0.310 e. The van der Waals surface area contributed by atoms with Crippen LogP contribution in [0.2, 0.25) is 0 Å². The Morgan fingerprint density at radius 2 is 1.14 bits per heavy atom. The number of para-hydroxylation sites is 1. The molecule has 0 fully saturated rings. The topological polar surface area (TPSA) is 26.9 Å². The number of aromatic nitrogens is 2. The molecule has 9 rings (SSSR count). The van der Waals surface area contributed by atoms with Gasteiger partial charge in [-0.1, -0.05) is 96.1 Å². The van der Waals surface area contributed by atoms with Crippen LogP contribution in [-0.2, 0) is 10.8 Å². The van der Waals surface area contributed by atoms with Gasteiger partial charge in [0, 0.05) is 32.9 Å². The molecule has 0 N–H and O–H groups in total. The smallest absolute Gasteiger partial charge is 0.263 e. The molecular weight excluding hydrogens is 523 g/mol. The number of hydrogen-bond donors (Lipinski definition) is 0. The van der Waals surface area contributed by atoms with Gasteiger partial charge in [0.15, 0.2) is 0 Å². The summed E-state index contributed by atoms with van der Waals surface area (Å²) in [6.07, 6.45) is 0. The van der Waals surface area contributed by atoms with E-state index in [0.717, 1.165) is 27.4 Å². The average molecular weight is 557 g/mol. The zero-order valence-electron chi connectivity index (χ0n) is 25.5. The molecular formula is C39H33BN2O. The van der Waals surface area contributed by atoms with Crippen LogP contribution >= 0.6 is 0 Å². The van der Waals surface area contributed by atoms with Crippen molar-refractivity contribution in [3.8, 4) is 11.4 Å². The van der Waals surface area contributed by atoms with E-state index in [9.17, 15) is 4.79 Å². The van der Waals surface area contributed by atoms with E-state index in [0.29, 0.717) is 0 Å². The Kier molecular flexibility index (Phi) is 4.58. The number of benzene rings is 5. The molecule has 0 saturated carbocycles. The number of fused-ring (bicyclic) bond motifs is 11. The van der Waals surface area contributed by atoms with Crippen LogP contribution in [0.15, 0.2) is 95.8 Å². The van der Waals surface area contributed by atoms with Crippen LogP contribution in [0.25, 0.3) is 54.9 Å². The molecule has 0 atom stereocenters. The second kappa shape index (κ2) is 7.88. The van der Waals surface area contributed by atoms with E-state index in [1.165, 1.54) is 55.0 Å². The van der Waals surface area contributed by atoms with E-state index in [4.69, 9.17) is 0 Å². The van der Waals surface area contributed by atoms with Crippen LogP contribution in [0.3, 0.4) is 0 Å². The highest BCUT2D eigenvalue weighted by Gasteiger charge is 2.41. The lowest BCUT2D eigenvalue weighted by molar-refractivity contribution is 0.590. The summed E-state index contributed by atoms with van der Waals surface area (Å²) >= 11 is 0. The maximum atomic E-state index is 14.4. The quantitative estimate of drug-likeness (QED) is 0.146. The molecule has 2 aromatic heterocycles. The minimum absolute atomic E-state index is 0.0102. The van der Waals surface area contributed by atoms with Crippen LogP contribution in [0.1, 0.15) is 52.7 Å². The van der Waals surface area contributed by atoms with Crippen molar-refractivity contribution in [2.24, 2.45) is 0 Å². The van der Waals surface area contributed by atoms with Gasteiger partial charge in [-0.05, 0) is 80.1 Å². The largest absolute Gasteiger partial charge is 0.310 e. The van der Waals surface area contributed by atoms with Gasteiger partial charge in [0.05, 0.1) is 16.6 Å². The van der Waals surface area contributed by atoms with Crippen molar-refractivity contribution in [2.75, 3.05) is 0 Å². The summed E-state index contributed by atoms with van der Waals surface area (Å²) in [5.74, 6) is 0. The minimum atomic E-state index is 0.0102. The zero-order valence-corrected chi connectivity index (χ0v) is 25.5. The molecule has 0 unspecified atom stereocenters. The van der Waals surface area contributed by atoms with Crippen molar-refractivity contribution in [1.82, 2.24) is 9.13 Å². The third kappa shape index (κ3) is 3.09. The fraction of sp³-hybridized carbons (Fsp3) is 0.205. The summed E-state index contributed by atoms with van der Waals surface area (Å²) in [7, 11) is 0. The Morgan fingerprint density at radius 1 is 0.535 bits per heavy atom. The molecule has 0 radical (unpaired) electrons. The van der Waals surface area contributed by atoms with Crippen molar-refractivity contribution in [1.29, 1.82) is 0 Å². The Morgan fingerprint density at radius 3 is 1.91 bits per heavy atom. The first-order valence-electron chi connectivity index (χ1n) is 15.4. The highest BCUT2D eigenvalue weighted by Crippen LogP contribution is 2.41. The molecule has 0 aliphatic carbocycles. The predicted molar refractivity (Wildman–Crippen MR) is 183 cm³/mol. The van der Waals surface area contributed by atoms with Crippen LogP contribution in [-0.4, -0.2) is 15.8 Å². The normalized spacial score (nSPS) is 13.9. The van der Waals surface area contributed by atoms with E-state index >= 15 is 0 Å². The lowest BCUT2D eigenvalue weighted by atomic mass is 9.34. The summed E-state index contributed by atoms with van der Waals surface area (Å²) in [5.41, 5.74) is 12.2. The van der Waals surface area contributed by atoms with Crippen molar-refractivity contribution < 1.29 is 0 Å². The highest BCUT2D eigenvalue weighted by atomic mass is 16.1. The Balaban J connectivity index is 1.60. The third-order valence-electron chi connectivity index (χ3n) is 10.0. The second-order valence-electron chi connectivity index (χ2n) is 14.6. The van der Waals surface area contributed by atoms with Gasteiger partial charge in [-0.25, -0.2) is 0 Å². The van der Waals surface area contributed by atoms with Crippen LogP contribution in [0.4, 0.5) is 0 Å². The van der Waals surface area contributed by atoms with E-state index in [1.54, 1.807) is 0 Å². The van der Waals surface area contributed by atoms with E-state index in [-0.39, 0.29) is 23.1 Å². The molecule has 0 saturated heterocycles. The average Bonchev–Trinajstić information content (AvgIpc) is 3.32. The number of hydrogen-bond acceptors (Lipinski definition) is 1. The van der Waals surface area contributed by atoms with Crippen molar-refractivity contribution >= 4 is 66.6 Å². The van der Waals surface area contributed by atoms with Crippen LogP contribution < -0.4 is 21.9 Å². The molecule has 7 aromatic rings. The number of nitrogens with zero attached hydrogens (tertiary/aromatic N) is 2. The molecule has 5 aromatic carbocycles. The van der Waals surface area contributed by atoms with Crippen LogP contribution in [0, 0.1) is 0 Å². The first kappa shape index (κ1) is 25.0.